The van der Waals surface area contributed by atoms with Gasteiger partial charge in [-0.3, -0.25) is 4.79 Å². The highest BCUT2D eigenvalue weighted by molar-refractivity contribution is 7.89. The van der Waals surface area contributed by atoms with E-state index in [1.165, 1.54) is 7.11 Å². The third-order valence-corrected chi connectivity index (χ3v) is 4.00. The molecule has 1 aromatic carbocycles. The molecule has 0 fully saturated rings. The second kappa shape index (κ2) is 8.03. The van der Waals surface area contributed by atoms with E-state index in [0.29, 0.717) is 6.61 Å². The first-order chi connectivity index (χ1) is 9.90. The minimum Gasteiger partial charge on any atom is -0.383 e. The first kappa shape index (κ1) is 17.5. The van der Waals surface area contributed by atoms with Crippen LogP contribution in [-0.2, 0) is 26.1 Å². The van der Waals surface area contributed by atoms with Crippen molar-refractivity contribution in [2.75, 3.05) is 26.8 Å². The van der Waals surface area contributed by atoms with Gasteiger partial charge in [0.1, 0.15) is 5.82 Å². The summed E-state index contributed by atoms with van der Waals surface area (Å²) in [5.74, 6) is -1.06. The fraction of sp³-hybridized carbons (Fsp3) is 0.417. The van der Waals surface area contributed by atoms with Crippen molar-refractivity contribution in [3.63, 3.8) is 0 Å². The van der Waals surface area contributed by atoms with E-state index in [4.69, 9.17) is 10.5 Å². The SMILES string of the molecule is COCCNC(=O)CNS(=O)(=O)c1ccc(F)c(CN)c1. The van der Waals surface area contributed by atoms with Gasteiger partial charge in [0.05, 0.1) is 18.0 Å². The number of nitrogens with one attached hydrogen (secondary N) is 2. The highest BCUT2D eigenvalue weighted by Gasteiger charge is 2.17. The smallest absolute Gasteiger partial charge is 0.241 e. The van der Waals surface area contributed by atoms with Crippen LogP contribution >= 0.6 is 0 Å². The number of methoxy groups -OCH3 is 1. The Morgan fingerprint density at radius 2 is 2.14 bits per heavy atom. The van der Waals surface area contributed by atoms with Crippen LogP contribution in [0.4, 0.5) is 4.39 Å². The van der Waals surface area contributed by atoms with Gasteiger partial charge in [0.15, 0.2) is 0 Å². The number of sulfonamides is 1. The summed E-state index contributed by atoms with van der Waals surface area (Å²) >= 11 is 0. The number of carbonyl (C=O) groups is 1. The van der Waals surface area contributed by atoms with Crippen molar-refractivity contribution in [3.8, 4) is 0 Å². The minimum absolute atomic E-state index is 0.0856. The van der Waals surface area contributed by atoms with Crippen LogP contribution in [0, 0.1) is 5.82 Å². The maximum Gasteiger partial charge on any atom is 0.241 e. The van der Waals surface area contributed by atoms with E-state index in [-0.39, 0.29) is 23.5 Å². The van der Waals surface area contributed by atoms with E-state index in [9.17, 15) is 17.6 Å². The number of carbonyl (C=O) groups excluding carboxylic acids is 1. The summed E-state index contributed by atoms with van der Waals surface area (Å²) in [5, 5.41) is 2.47. The zero-order valence-electron chi connectivity index (χ0n) is 11.6. The molecule has 0 aromatic heterocycles. The molecule has 1 aromatic rings. The second-order valence-electron chi connectivity index (χ2n) is 4.12. The van der Waals surface area contributed by atoms with Gasteiger partial charge < -0.3 is 15.8 Å². The lowest BCUT2D eigenvalue weighted by atomic mass is 10.2. The van der Waals surface area contributed by atoms with Gasteiger partial charge in [-0.05, 0) is 18.2 Å². The molecule has 0 unspecified atom stereocenters. The van der Waals surface area contributed by atoms with Crippen LogP contribution in [-0.4, -0.2) is 41.1 Å². The van der Waals surface area contributed by atoms with Gasteiger partial charge in [-0.25, -0.2) is 17.5 Å². The highest BCUT2D eigenvalue weighted by Crippen LogP contribution is 2.14. The van der Waals surface area contributed by atoms with Crippen LogP contribution in [0.2, 0.25) is 0 Å². The number of hydrogen-bond donors (Lipinski definition) is 3. The first-order valence-electron chi connectivity index (χ1n) is 6.14. The zero-order chi connectivity index (χ0) is 15.9. The van der Waals surface area contributed by atoms with E-state index in [1.807, 2.05) is 0 Å². The second-order valence-corrected chi connectivity index (χ2v) is 5.89. The molecule has 0 saturated heterocycles. The van der Waals surface area contributed by atoms with Crippen LogP contribution in [0.1, 0.15) is 5.56 Å². The molecular weight excluding hydrogens is 301 g/mol. The average Bonchev–Trinajstić information content (AvgIpc) is 2.46. The van der Waals surface area contributed by atoms with E-state index in [1.54, 1.807) is 0 Å². The molecule has 0 spiro atoms. The van der Waals surface area contributed by atoms with Gasteiger partial charge >= 0.3 is 0 Å². The quantitative estimate of drug-likeness (QED) is 0.550. The summed E-state index contributed by atoms with van der Waals surface area (Å²) in [4.78, 5) is 11.3. The summed E-state index contributed by atoms with van der Waals surface area (Å²) in [7, 11) is -2.42. The topological polar surface area (TPSA) is 111 Å². The Morgan fingerprint density at radius 1 is 1.43 bits per heavy atom. The molecule has 0 atom stereocenters. The third-order valence-electron chi connectivity index (χ3n) is 2.60. The molecule has 1 amide bonds. The largest absolute Gasteiger partial charge is 0.383 e. The Labute approximate surface area is 122 Å². The van der Waals surface area contributed by atoms with Gasteiger partial charge in [-0.2, -0.15) is 0 Å². The maximum absolute atomic E-state index is 13.3. The fourth-order valence-corrected chi connectivity index (χ4v) is 2.51. The van der Waals surface area contributed by atoms with Crippen molar-refractivity contribution >= 4 is 15.9 Å². The summed E-state index contributed by atoms with van der Waals surface area (Å²) in [6, 6.07) is 3.27. The number of rotatable bonds is 8. The first-order valence-corrected chi connectivity index (χ1v) is 7.63. The zero-order valence-corrected chi connectivity index (χ0v) is 12.4. The molecule has 0 bridgehead atoms. The van der Waals surface area contributed by atoms with E-state index in [0.717, 1.165) is 18.2 Å². The Morgan fingerprint density at radius 3 is 2.76 bits per heavy atom. The van der Waals surface area contributed by atoms with Gasteiger partial charge in [-0.15, -0.1) is 0 Å². The minimum atomic E-state index is -3.90. The summed E-state index contributed by atoms with van der Waals surface area (Å²) in [6.07, 6.45) is 0. The number of benzene rings is 1. The number of amides is 1. The van der Waals surface area contributed by atoms with E-state index < -0.39 is 28.3 Å². The molecule has 118 valence electrons. The Hall–Kier alpha value is -1.55. The number of ether oxygens (including phenoxy) is 1. The lowest BCUT2D eigenvalue weighted by Gasteiger charge is -2.09. The third kappa shape index (κ3) is 5.38. The predicted octanol–water partition coefficient (Wildman–Crippen LogP) is -0.675. The summed E-state index contributed by atoms with van der Waals surface area (Å²) < 4.78 is 44.1. The van der Waals surface area contributed by atoms with Gasteiger partial charge in [0, 0.05) is 25.8 Å². The van der Waals surface area contributed by atoms with E-state index >= 15 is 0 Å². The van der Waals surface area contributed by atoms with Crippen molar-refractivity contribution in [3.05, 3.63) is 29.6 Å². The Bertz CT molecular complexity index is 592. The van der Waals surface area contributed by atoms with Crippen molar-refractivity contribution in [2.45, 2.75) is 11.4 Å². The molecule has 0 aliphatic rings. The molecule has 7 nitrogen and oxygen atoms in total. The molecule has 9 heteroatoms. The molecule has 0 saturated carbocycles. The average molecular weight is 319 g/mol. The monoisotopic (exact) mass is 319 g/mol. The Balaban J connectivity index is 2.67. The van der Waals surface area contributed by atoms with Gasteiger partial charge in [0.25, 0.3) is 0 Å². The molecule has 0 aliphatic heterocycles. The molecule has 1 rings (SSSR count). The predicted molar refractivity (Wildman–Crippen MR) is 74.4 cm³/mol. The lowest BCUT2D eigenvalue weighted by Crippen LogP contribution is -2.38. The molecule has 0 aliphatic carbocycles. The van der Waals surface area contributed by atoms with Crippen LogP contribution in [0.25, 0.3) is 0 Å². The van der Waals surface area contributed by atoms with Crippen LogP contribution in [0.5, 0.6) is 0 Å². The lowest BCUT2D eigenvalue weighted by molar-refractivity contribution is -0.120. The molecule has 0 radical (unpaired) electrons. The van der Waals surface area contributed by atoms with Crippen LogP contribution in [0.3, 0.4) is 0 Å². The van der Waals surface area contributed by atoms with Crippen molar-refractivity contribution in [1.82, 2.24) is 10.0 Å². The molecular formula is C12H18FN3O4S. The van der Waals surface area contributed by atoms with Crippen molar-refractivity contribution < 1.29 is 22.3 Å². The number of hydrogen-bond acceptors (Lipinski definition) is 5. The number of nitrogens with two attached hydrogens (primary N) is 1. The van der Waals surface area contributed by atoms with Crippen LogP contribution in [0.15, 0.2) is 23.1 Å². The Kier molecular flexibility index (Phi) is 6.69. The van der Waals surface area contributed by atoms with Crippen molar-refractivity contribution in [2.24, 2.45) is 5.73 Å². The standard InChI is InChI=1S/C12H18FN3O4S/c1-20-5-4-15-12(17)8-16-21(18,19)10-2-3-11(13)9(6-10)7-14/h2-3,6,16H,4-5,7-8,14H2,1H3,(H,15,17). The molecule has 21 heavy (non-hydrogen) atoms. The maximum atomic E-state index is 13.3. The fourth-order valence-electron chi connectivity index (χ4n) is 1.47. The summed E-state index contributed by atoms with van der Waals surface area (Å²) in [6.45, 7) is 0.0787. The molecule has 4 N–H and O–H groups in total. The highest BCUT2D eigenvalue weighted by atomic mass is 32.2. The van der Waals surface area contributed by atoms with Gasteiger partial charge in [-0.1, -0.05) is 0 Å². The number of halogens is 1. The van der Waals surface area contributed by atoms with Gasteiger partial charge in [0.2, 0.25) is 15.9 Å². The van der Waals surface area contributed by atoms with Crippen LogP contribution < -0.4 is 15.8 Å². The normalized spacial score (nSPS) is 11.4. The summed E-state index contributed by atoms with van der Waals surface area (Å²) in [5.41, 5.74) is 5.41. The van der Waals surface area contributed by atoms with E-state index in [2.05, 4.69) is 10.0 Å². The van der Waals surface area contributed by atoms with Crippen molar-refractivity contribution in [1.29, 1.82) is 0 Å². The molecule has 0 heterocycles.